The molecule has 0 amide bonds. The molecule has 1 unspecified atom stereocenters. The first kappa shape index (κ1) is 15.4. The van der Waals surface area contributed by atoms with Gasteiger partial charge in [0.2, 0.25) is 0 Å². The van der Waals surface area contributed by atoms with Crippen LogP contribution in [0.15, 0.2) is 30.6 Å². The van der Waals surface area contributed by atoms with Crippen molar-refractivity contribution < 1.29 is 9.47 Å². The monoisotopic (exact) mass is 289 g/mol. The third-order valence-corrected chi connectivity index (χ3v) is 3.57. The Kier molecular flexibility index (Phi) is 5.22. The number of benzene rings is 1. The Morgan fingerprint density at radius 2 is 2.10 bits per heavy atom. The molecule has 5 heteroatoms. The second kappa shape index (κ2) is 7.13. The van der Waals surface area contributed by atoms with Crippen LogP contribution in [0.25, 0.3) is 0 Å². The van der Waals surface area contributed by atoms with Crippen LogP contribution in [0.1, 0.15) is 24.4 Å². The third-order valence-electron chi connectivity index (χ3n) is 3.57. The van der Waals surface area contributed by atoms with Gasteiger partial charge in [-0.25, -0.2) is 4.98 Å². The zero-order chi connectivity index (χ0) is 15.2. The Hall–Kier alpha value is -2.01. The van der Waals surface area contributed by atoms with Gasteiger partial charge in [0, 0.05) is 24.5 Å². The normalized spacial score (nSPS) is 12.2. The zero-order valence-electron chi connectivity index (χ0n) is 13.1. The van der Waals surface area contributed by atoms with Crippen LogP contribution in [-0.2, 0) is 6.54 Å². The van der Waals surface area contributed by atoms with Gasteiger partial charge in [-0.05, 0) is 31.7 Å². The van der Waals surface area contributed by atoms with Gasteiger partial charge in [0.05, 0.1) is 20.3 Å². The summed E-state index contributed by atoms with van der Waals surface area (Å²) in [4.78, 5) is 4.28. The number of rotatable bonds is 7. The molecule has 0 radical (unpaired) electrons. The number of nitrogens with zero attached hydrogens (tertiary/aromatic N) is 2. The number of likely N-dealkylation sites (N-methyl/N-ethyl adjacent to an activating group) is 1. The Morgan fingerprint density at radius 3 is 2.67 bits per heavy atom. The average Bonchev–Trinajstić information content (AvgIpc) is 2.91. The summed E-state index contributed by atoms with van der Waals surface area (Å²) in [5, 5.41) is 3.51. The van der Waals surface area contributed by atoms with E-state index >= 15 is 0 Å². The second-order valence-electron chi connectivity index (χ2n) is 4.84. The summed E-state index contributed by atoms with van der Waals surface area (Å²) in [6, 6.07) is 6.01. The van der Waals surface area contributed by atoms with E-state index in [2.05, 4.69) is 21.8 Å². The van der Waals surface area contributed by atoms with Gasteiger partial charge >= 0.3 is 0 Å². The minimum absolute atomic E-state index is 0.132. The molecule has 114 valence electrons. The number of hydrogen-bond donors (Lipinski definition) is 1. The summed E-state index contributed by atoms with van der Waals surface area (Å²) in [6.45, 7) is 5.77. The lowest BCUT2D eigenvalue weighted by Gasteiger charge is -2.22. The van der Waals surface area contributed by atoms with Crippen molar-refractivity contribution in [1.82, 2.24) is 14.9 Å². The highest BCUT2D eigenvalue weighted by molar-refractivity contribution is 5.42. The molecule has 0 bridgehead atoms. The summed E-state index contributed by atoms with van der Waals surface area (Å²) in [5.41, 5.74) is 1.09. The van der Waals surface area contributed by atoms with Gasteiger partial charge < -0.3 is 19.4 Å². The van der Waals surface area contributed by atoms with Crippen molar-refractivity contribution in [3.8, 4) is 11.5 Å². The van der Waals surface area contributed by atoms with Crippen LogP contribution in [-0.4, -0.2) is 30.3 Å². The maximum Gasteiger partial charge on any atom is 0.123 e. The third kappa shape index (κ3) is 3.55. The number of nitrogens with one attached hydrogen (secondary N) is 1. The van der Waals surface area contributed by atoms with Crippen LogP contribution in [0.4, 0.5) is 0 Å². The number of hydrogen-bond acceptors (Lipinski definition) is 4. The Labute approximate surface area is 125 Å². The van der Waals surface area contributed by atoms with E-state index in [1.54, 1.807) is 14.2 Å². The molecule has 0 aliphatic rings. The van der Waals surface area contributed by atoms with Crippen LogP contribution < -0.4 is 14.8 Å². The smallest absolute Gasteiger partial charge is 0.123 e. The number of methoxy groups -OCH3 is 2. The first-order valence-electron chi connectivity index (χ1n) is 7.12. The number of ether oxygens (including phenoxy) is 2. The van der Waals surface area contributed by atoms with Crippen molar-refractivity contribution in [2.75, 3.05) is 20.8 Å². The molecular weight excluding hydrogens is 266 g/mol. The molecule has 0 spiro atoms. The molecule has 0 saturated heterocycles. The zero-order valence-corrected chi connectivity index (χ0v) is 13.1. The van der Waals surface area contributed by atoms with E-state index in [0.29, 0.717) is 0 Å². The molecule has 2 aromatic rings. The largest absolute Gasteiger partial charge is 0.497 e. The maximum absolute atomic E-state index is 5.50. The Morgan fingerprint density at radius 1 is 1.29 bits per heavy atom. The highest BCUT2D eigenvalue weighted by atomic mass is 16.5. The highest BCUT2D eigenvalue weighted by Crippen LogP contribution is 2.30. The molecule has 0 aliphatic carbocycles. The number of aryl methyl sites for hydroxylation is 1. The molecular formula is C16H23N3O2. The van der Waals surface area contributed by atoms with Crippen LogP contribution in [0.5, 0.6) is 11.5 Å². The van der Waals surface area contributed by atoms with Crippen LogP contribution >= 0.6 is 0 Å². The van der Waals surface area contributed by atoms with Gasteiger partial charge in [0.1, 0.15) is 17.3 Å². The quantitative estimate of drug-likeness (QED) is 0.851. The van der Waals surface area contributed by atoms with Gasteiger partial charge in [-0.1, -0.05) is 6.92 Å². The summed E-state index contributed by atoms with van der Waals surface area (Å²) in [7, 11) is 3.37. The Bertz CT molecular complexity index is 581. The van der Waals surface area contributed by atoms with Gasteiger partial charge in [0.15, 0.2) is 0 Å². The van der Waals surface area contributed by atoms with Crippen molar-refractivity contribution in [3.05, 3.63) is 42.0 Å². The Balaban J connectivity index is 2.34. The number of aromatic nitrogens is 2. The van der Waals surface area contributed by atoms with E-state index in [1.165, 1.54) is 0 Å². The van der Waals surface area contributed by atoms with Crippen molar-refractivity contribution in [2.45, 2.75) is 26.4 Å². The molecule has 0 aliphatic heterocycles. The average molecular weight is 289 g/mol. The van der Waals surface area contributed by atoms with Crippen molar-refractivity contribution in [2.24, 2.45) is 0 Å². The van der Waals surface area contributed by atoms with Gasteiger partial charge in [-0.15, -0.1) is 0 Å². The van der Waals surface area contributed by atoms with Crippen molar-refractivity contribution in [3.63, 3.8) is 0 Å². The fourth-order valence-corrected chi connectivity index (χ4v) is 2.42. The lowest BCUT2D eigenvalue weighted by molar-refractivity contribution is 0.381. The first-order valence-corrected chi connectivity index (χ1v) is 7.12. The van der Waals surface area contributed by atoms with Gasteiger partial charge in [-0.3, -0.25) is 0 Å². The minimum Gasteiger partial charge on any atom is -0.497 e. The first-order chi connectivity index (χ1) is 10.2. The summed E-state index contributed by atoms with van der Waals surface area (Å²) < 4.78 is 13.0. The molecule has 0 saturated carbocycles. The van der Waals surface area contributed by atoms with Crippen LogP contribution in [0, 0.1) is 6.92 Å². The lowest BCUT2D eigenvalue weighted by Crippen LogP contribution is -2.26. The second-order valence-corrected chi connectivity index (χ2v) is 4.84. The van der Waals surface area contributed by atoms with E-state index in [1.807, 2.05) is 37.5 Å². The predicted octanol–water partition coefficient (Wildman–Crippen LogP) is 2.56. The number of imidazole rings is 1. The highest BCUT2D eigenvalue weighted by Gasteiger charge is 2.17. The summed E-state index contributed by atoms with van der Waals surface area (Å²) in [6.07, 6.45) is 3.81. The lowest BCUT2D eigenvalue weighted by atomic mass is 10.0. The standard InChI is InChI=1S/C16H23N3O2/c1-5-17-15(11-19-9-8-18-12(19)2)14-10-13(20-3)6-7-16(14)21-4/h6-10,15,17H,5,11H2,1-4H3. The molecule has 2 rings (SSSR count). The molecule has 1 N–H and O–H groups in total. The molecule has 1 atom stereocenters. The van der Waals surface area contributed by atoms with E-state index in [-0.39, 0.29) is 6.04 Å². The van der Waals surface area contributed by atoms with Crippen LogP contribution in [0.2, 0.25) is 0 Å². The maximum atomic E-state index is 5.50. The topological polar surface area (TPSA) is 48.3 Å². The van der Waals surface area contributed by atoms with E-state index < -0.39 is 0 Å². The molecule has 21 heavy (non-hydrogen) atoms. The van der Waals surface area contributed by atoms with Crippen molar-refractivity contribution in [1.29, 1.82) is 0 Å². The van der Waals surface area contributed by atoms with E-state index in [4.69, 9.17) is 9.47 Å². The van der Waals surface area contributed by atoms with Gasteiger partial charge in [0.25, 0.3) is 0 Å². The fraction of sp³-hybridized carbons (Fsp3) is 0.438. The predicted molar refractivity (Wildman–Crippen MR) is 82.9 cm³/mol. The molecule has 0 fully saturated rings. The van der Waals surface area contributed by atoms with Gasteiger partial charge in [-0.2, -0.15) is 0 Å². The SMILES string of the molecule is CCNC(Cn1ccnc1C)c1cc(OC)ccc1OC. The molecule has 1 aromatic heterocycles. The summed E-state index contributed by atoms with van der Waals surface area (Å²) >= 11 is 0. The molecule has 1 heterocycles. The minimum atomic E-state index is 0.132. The van der Waals surface area contributed by atoms with E-state index in [0.717, 1.165) is 36.0 Å². The van der Waals surface area contributed by atoms with Crippen LogP contribution in [0.3, 0.4) is 0 Å². The molecule has 5 nitrogen and oxygen atoms in total. The van der Waals surface area contributed by atoms with E-state index in [9.17, 15) is 0 Å². The fourth-order valence-electron chi connectivity index (χ4n) is 2.42. The van der Waals surface area contributed by atoms with Crippen molar-refractivity contribution >= 4 is 0 Å². The molecule has 1 aromatic carbocycles. The summed E-state index contributed by atoms with van der Waals surface area (Å²) in [5.74, 6) is 2.69.